The second kappa shape index (κ2) is 8.25. The number of benzene rings is 2. The number of sulfonamides is 1. The van der Waals surface area contributed by atoms with Crippen LogP contribution in [0.5, 0.6) is 0 Å². The Labute approximate surface area is 180 Å². The number of hydrogen-bond donors (Lipinski definition) is 2. The zero-order valence-electron chi connectivity index (χ0n) is 16.3. The summed E-state index contributed by atoms with van der Waals surface area (Å²) in [4.78, 5) is 12.5. The van der Waals surface area contributed by atoms with Crippen LogP contribution < -0.4 is 10.0 Å². The maximum atomic E-state index is 12.5. The second-order valence-electron chi connectivity index (χ2n) is 7.20. The van der Waals surface area contributed by atoms with Gasteiger partial charge in [-0.15, -0.1) is 0 Å². The monoisotopic (exact) mass is 460 g/mol. The minimum absolute atomic E-state index is 0.00151. The van der Waals surface area contributed by atoms with Crippen molar-refractivity contribution < 1.29 is 21.6 Å². The summed E-state index contributed by atoms with van der Waals surface area (Å²) in [5, 5.41) is 6.85. The van der Waals surface area contributed by atoms with E-state index in [9.17, 15) is 21.6 Å². The molecule has 2 N–H and O–H groups in total. The molecule has 1 aromatic heterocycles. The predicted molar refractivity (Wildman–Crippen MR) is 115 cm³/mol. The van der Waals surface area contributed by atoms with Gasteiger partial charge in [0.2, 0.25) is 10.0 Å². The molecule has 31 heavy (non-hydrogen) atoms. The third kappa shape index (κ3) is 5.01. The molecule has 9 nitrogen and oxygen atoms in total. The lowest BCUT2D eigenvalue weighted by molar-refractivity contribution is 0.102. The average Bonchev–Trinajstić information content (AvgIpc) is 3.38. The summed E-state index contributed by atoms with van der Waals surface area (Å²) in [6, 6.07) is 13.7. The van der Waals surface area contributed by atoms with E-state index in [0.29, 0.717) is 11.3 Å². The Morgan fingerprint density at radius 2 is 1.77 bits per heavy atom. The fraction of sp³-hybridized carbons (Fsp3) is 0.200. The van der Waals surface area contributed by atoms with Crippen molar-refractivity contribution in [2.75, 3.05) is 16.8 Å². The summed E-state index contributed by atoms with van der Waals surface area (Å²) < 4.78 is 52.1. The average molecular weight is 461 g/mol. The van der Waals surface area contributed by atoms with Gasteiger partial charge in [0, 0.05) is 29.7 Å². The molecule has 1 fully saturated rings. The van der Waals surface area contributed by atoms with Crippen molar-refractivity contribution in [1.29, 1.82) is 0 Å². The van der Waals surface area contributed by atoms with Crippen molar-refractivity contribution in [3.8, 4) is 5.69 Å². The van der Waals surface area contributed by atoms with Gasteiger partial charge in [-0.1, -0.05) is 0 Å². The first-order chi connectivity index (χ1) is 14.7. The maximum Gasteiger partial charge on any atom is 0.255 e. The zero-order valence-corrected chi connectivity index (χ0v) is 17.9. The lowest BCUT2D eigenvalue weighted by Gasteiger charge is -2.12. The Balaban J connectivity index is 1.40. The Bertz CT molecular complexity index is 1280. The lowest BCUT2D eigenvalue weighted by atomic mass is 10.2. The van der Waals surface area contributed by atoms with Crippen molar-refractivity contribution in [2.45, 2.75) is 17.4 Å². The molecule has 0 radical (unpaired) electrons. The molecule has 2 aromatic carbocycles. The molecule has 1 atom stereocenters. The molecule has 3 aromatic rings. The van der Waals surface area contributed by atoms with E-state index in [2.05, 4.69) is 15.1 Å². The van der Waals surface area contributed by atoms with Crippen LogP contribution in [0.4, 0.5) is 5.69 Å². The van der Waals surface area contributed by atoms with E-state index in [4.69, 9.17) is 0 Å². The molecule has 2 heterocycles. The van der Waals surface area contributed by atoms with Gasteiger partial charge in [-0.2, -0.15) is 5.10 Å². The summed E-state index contributed by atoms with van der Waals surface area (Å²) in [7, 11) is -7.04. The van der Waals surface area contributed by atoms with Crippen LogP contribution >= 0.6 is 0 Å². The molecule has 1 amide bonds. The minimum Gasteiger partial charge on any atom is -0.322 e. The number of hydrogen-bond acceptors (Lipinski definition) is 6. The molecular formula is C20H20N4O5S2. The van der Waals surface area contributed by atoms with Crippen molar-refractivity contribution in [1.82, 2.24) is 14.5 Å². The molecule has 0 bridgehead atoms. The van der Waals surface area contributed by atoms with Gasteiger partial charge in [0.25, 0.3) is 5.91 Å². The molecule has 0 spiro atoms. The van der Waals surface area contributed by atoms with E-state index < -0.39 is 25.9 Å². The highest BCUT2D eigenvalue weighted by Gasteiger charge is 2.31. The normalized spacial score (nSPS) is 18.0. The van der Waals surface area contributed by atoms with Crippen LogP contribution in [-0.4, -0.2) is 50.1 Å². The molecule has 1 saturated heterocycles. The Kier molecular flexibility index (Phi) is 5.65. The Morgan fingerprint density at radius 3 is 2.35 bits per heavy atom. The lowest BCUT2D eigenvalue weighted by Crippen LogP contribution is -2.35. The van der Waals surface area contributed by atoms with Crippen LogP contribution in [0, 0.1) is 0 Å². The van der Waals surface area contributed by atoms with Crippen LogP contribution in [0.2, 0.25) is 0 Å². The first-order valence-corrected chi connectivity index (χ1v) is 12.8. The Morgan fingerprint density at radius 1 is 1.06 bits per heavy atom. The van der Waals surface area contributed by atoms with Gasteiger partial charge >= 0.3 is 0 Å². The van der Waals surface area contributed by atoms with Crippen LogP contribution in [0.15, 0.2) is 71.9 Å². The molecule has 162 valence electrons. The number of anilines is 1. The number of nitrogens with one attached hydrogen (secondary N) is 2. The van der Waals surface area contributed by atoms with Crippen molar-refractivity contribution >= 4 is 31.5 Å². The largest absolute Gasteiger partial charge is 0.322 e. The number of sulfone groups is 1. The van der Waals surface area contributed by atoms with Crippen LogP contribution in [0.25, 0.3) is 5.69 Å². The first-order valence-electron chi connectivity index (χ1n) is 9.46. The van der Waals surface area contributed by atoms with Crippen molar-refractivity contribution in [2.24, 2.45) is 0 Å². The van der Waals surface area contributed by atoms with Gasteiger partial charge in [0.15, 0.2) is 9.84 Å². The molecule has 1 aliphatic heterocycles. The van der Waals surface area contributed by atoms with Gasteiger partial charge in [-0.25, -0.2) is 26.2 Å². The van der Waals surface area contributed by atoms with Gasteiger partial charge in [0.1, 0.15) is 0 Å². The number of aromatic nitrogens is 2. The van der Waals surface area contributed by atoms with Crippen LogP contribution in [0.3, 0.4) is 0 Å². The highest BCUT2D eigenvalue weighted by atomic mass is 32.2. The number of amides is 1. The smallest absolute Gasteiger partial charge is 0.255 e. The molecular weight excluding hydrogens is 440 g/mol. The van der Waals surface area contributed by atoms with Gasteiger partial charge < -0.3 is 5.32 Å². The van der Waals surface area contributed by atoms with Gasteiger partial charge in [-0.3, -0.25) is 4.79 Å². The van der Waals surface area contributed by atoms with E-state index in [1.165, 1.54) is 24.3 Å². The fourth-order valence-electron chi connectivity index (χ4n) is 3.28. The molecule has 4 rings (SSSR count). The fourth-order valence-corrected chi connectivity index (χ4v) is 6.33. The zero-order chi connectivity index (χ0) is 22.1. The molecule has 1 aliphatic rings. The Hall–Kier alpha value is -3.02. The number of carbonyl (C=O) groups is 1. The van der Waals surface area contributed by atoms with Crippen LogP contribution in [0.1, 0.15) is 16.8 Å². The van der Waals surface area contributed by atoms with Gasteiger partial charge in [-0.05, 0) is 61.0 Å². The van der Waals surface area contributed by atoms with E-state index in [0.717, 1.165) is 5.69 Å². The van der Waals surface area contributed by atoms with E-state index in [1.807, 2.05) is 0 Å². The summed E-state index contributed by atoms with van der Waals surface area (Å²) >= 11 is 0. The van der Waals surface area contributed by atoms with Gasteiger partial charge in [0.05, 0.1) is 22.1 Å². The summed E-state index contributed by atoms with van der Waals surface area (Å²) in [5.74, 6) is -0.551. The first kappa shape index (κ1) is 21.2. The van der Waals surface area contributed by atoms with E-state index in [1.54, 1.807) is 47.4 Å². The number of rotatable bonds is 6. The second-order valence-corrected chi connectivity index (χ2v) is 11.1. The number of carbonyl (C=O) groups excluding carboxylic acids is 1. The summed E-state index contributed by atoms with van der Waals surface area (Å²) in [6.07, 6.45) is 3.72. The minimum atomic E-state index is -3.85. The quantitative estimate of drug-likeness (QED) is 0.575. The molecule has 0 aliphatic carbocycles. The molecule has 11 heteroatoms. The number of nitrogens with zero attached hydrogens (tertiary/aromatic N) is 2. The van der Waals surface area contributed by atoms with E-state index in [-0.39, 0.29) is 28.7 Å². The van der Waals surface area contributed by atoms with Crippen molar-refractivity contribution in [3.05, 3.63) is 72.6 Å². The predicted octanol–water partition coefficient (Wildman–Crippen LogP) is 1.59. The maximum absolute atomic E-state index is 12.5. The third-order valence-corrected chi connectivity index (χ3v) is 8.18. The standard InChI is InChI=1S/C20H20N4O5S2/c25-20(15-2-6-18(7-3-15)24-12-1-11-21-24)22-16-4-8-19(9-5-16)31(28,29)23-17-10-13-30(26,27)14-17/h1-9,11-12,17,23H,10,13-14H2,(H,22,25)/t17-/m0/s1. The summed E-state index contributed by atoms with van der Waals surface area (Å²) in [6.45, 7) is 0. The molecule has 0 saturated carbocycles. The third-order valence-electron chi connectivity index (χ3n) is 4.88. The summed E-state index contributed by atoms with van der Waals surface area (Å²) in [5.41, 5.74) is 1.69. The SMILES string of the molecule is O=C(Nc1ccc(S(=O)(=O)N[C@H]2CCS(=O)(=O)C2)cc1)c1ccc(-n2cccn2)cc1. The molecule has 0 unspecified atom stereocenters. The van der Waals surface area contributed by atoms with Crippen LogP contribution in [-0.2, 0) is 19.9 Å². The highest BCUT2D eigenvalue weighted by molar-refractivity contribution is 7.92. The topological polar surface area (TPSA) is 127 Å². The highest BCUT2D eigenvalue weighted by Crippen LogP contribution is 2.18. The van der Waals surface area contributed by atoms with Crippen molar-refractivity contribution in [3.63, 3.8) is 0 Å². The van der Waals surface area contributed by atoms with E-state index >= 15 is 0 Å².